The quantitative estimate of drug-likeness (QED) is 0.430. The number of carboxylic acids is 1. The highest BCUT2D eigenvalue weighted by Gasteiger charge is 2.41. The monoisotopic (exact) mass is 512 g/mol. The number of carbonyl (C=O) groups is 2. The minimum atomic E-state index is -0.991. The van der Waals surface area contributed by atoms with Crippen molar-refractivity contribution in [3.8, 4) is 5.75 Å². The fraction of sp³-hybridized carbons (Fsp3) is 0.375. The zero-order chi connectivity index (χ0) is 26.6. The van der Waals surface area contributed by atoms with Gasteiger partial charge in [-0.3, -0.25) is 9.69 Å². The highest BCUT2D eigenvalue weighted by atomic mass is 16.5. The van der Waals surface area contributed by atoms with Crippen molar-refractivity contribution in [1.29, 1.82) is 0 Å². The Morgan fingerprint density at radius 3 is 2.32 bits per heavy atom. The van der Waals surface area contributed by atoms with Gasteiger partial charge in [0, 0.05) is 24.6 Å². The molecule has 1 fully saturated rings. The maximum atomic E-state index is 14.3. The molecular weight excluding hydrogens is 476 g/mol. The Morgan fingerprint density at radius 2 is 1.66 bits per heavy atom. The molecule has 0 spiro atoms. The van der Waals surface area contributed by atoms with Gasteiger partial charge in [0.15, 0.2) is 0 Å². The lowest BCUT2D eigenvalue weighted by Crippen LogP contribution is -2.53. The van der Waals surface area contributed by atoms with E-state index in [2.05, 4.69) is 4.90 Å². The molecule has 198 valence electrons. The molecule has 1 unspecified atom stereocenters. The molecule has 6 heteroatoms. The van der Waals surface area contributed by atoms with E-state index in [4.69, 9.17) is 4.74 Å². The van der Waals surface area contributed by atoms with Gasteiger partial charge in [-0.1, -0.05) is 85.6 Å². The second kappa shape index (κ2) is 11.4. The fourth-order valence-electron chi connectivity index (χ4n) is 6.00. The van der Waals surface area contributed by atoms with Crippen LogP contribution in [0.3, 0.4) is 0 Å². The molecule has 3 aromatic rings. The van der Waals surface area contributed by atoms with Crippen LogP contribution in [0.25, 0.3) is 0 Å². The summed E-state index contributed by atoms with van der Waals surface area (Å²) in [5, 5.41) is 10.3. The van der Waals surface area contributed by atoms with Crippen molar-refractivity contribution in [3.63, 3.8) is 0 Å². The van der Waals surface area contributed by atoms with Crippen molar-refractivity contribution in [2.24, 2.45) is 0 Å². The molecule has 6 nitrogen and oxygen atoms in total. The first-order valence-corrected chi connectivity index (χ1v) is 13.5. The number of carbonyl (C=O) groups excluding carboxylic acids is 1. The lowest BCUT2D eigenvalue weighted by atomic mass is 9.90. The van der Waals surface area contributed by atoms with Crippen molar-refractivity contribution < 1.29 is 19.4 Å². The van der Waals surface area contributed by atoms with Gasteiger partial charge in [0.05, 0.1) is 0 Å². The summed E-state index contributed by atoms with van der Waals surface area (Å²) in [4.78, 5) is 30.6. The van der Waals surface area contributed by atoms with E-state index < -0.39 is 18.1 Å². The predicted molar refractivity (Wildman–Crippen MR) is 147 cm³/mol. The predicted octanol–water partition coefficient (Wildman–Crippen LogP) is 5.53. The molecule has 1 amide bonds. The summed E-state index contributed by atoms with van der Waals surface area (Å²) in [6, 6.07) is 22.5. The van der Waals surface area contributed by atoms with Gasteiger partial charge < -0.3 is 14.7 Å². The third-order valence-corrected chi connectivity index (χ3v) is 8.12. The Balaban J connectivity index is 1.47. The summed E-state index contributed by atoms with van der Waals surface area (Å²) in [5.74, 6) is -0.418. The molecule has 0 saturated heterocycles. The fourth-order valence-corrected chi connectivity index (χ4v) is 6.00. The largest absolute Gasteiger partial charge is 0.488 e. The minimum Gasteiger partial charge on any atom is -0.488 e. The molecule has 38 heavy (non-hydrogen) atoms. The lowest BCUT2D eigenvalue weighted by Gasteiger charge is -2.40. The number of rotatable bonds is 8. The zero-order valence-corrected chi connectivity index (χ0v) is 22.2. The average molecular weight is 513 g/mol. The van der Waals surface area contributed by atoms with Crippen molar-refractivity contribution in [1.82, 2.24) is 9.80 Å². The Labute approximate surface area is 224 Å². The van der Waals surface area contributed by atoms with Gasteiger partial charge >= 0.3 is 5.97 Å². The van der Waals surface area contributed by atoms with Crippen LogP contribution in [0.4, 0.5) is 0 Å². The van der Waals surface area contributed by atoms with Crippen LogP contribution in [-0.4, -0.2) is 45.9 Å². The molecule has 5 rings (SSSR count). The molecule has 1 saturated carbocycles. The van der Waals surface area contributed by atoms with Gasteiger partial charge in [-0.25, -0.2) is 4.79 Å². The van der Waals surface area contributed by atoms with Gasteiger partial charge in [0.2, 0.25) is 5.91 Å². The second-order valence-electron chi connectivity index (χ2n) is 10.6. The molecule has 1 aliphatic carbocycles. The summed E-state index contributed by atoms with van der Waals surface area (Å²) < 4.78 is 6.26. The van der Waals surface area contributed by atoms with Crippen LogP contribution in [0.5, 0.6) is 5.75 Å². The molecule has 2 aliphatic rings. The van der Waals surface area contributed by atoms with E-state index in [-0.39, 0.29) is 18.9 Å². The molecule has 1 aliphatic heterocycles. The van der Waals surface area contributed by atoms with Crippen LogP contribution in [0.15, 0.2) is 72.8 Å². The van der Waals surface area contributed by atoms with Crippen LogP contribution in [0.2, 0.25) is 0 Å². The first kappa shape index (κ1) is 26.0. The number of carboxylic acid groups (broad SMARTS) is 1. The molecule has 0 aromatic heterocycles. The molecule has 1 heterocycles. The van der Waals surface area contributed by atoms with Crippen molar-refractivity contribution in [2.75, 3.05) is 7.05 Å². The molecule has 3 aromatic carbocycles. The number of ether oxygens (including phenoxy) is 1. The number of fused-ring (bicyclic) bond motifs is 1. The minimum absolute atomic E-state index is 0.157. The molecule has 0 radical (unpaired) electrons. The van der Waals surface area contributed by atoms with E-state index in [1.165, 1.54) is 0 Å². The van der Waals surface area contributed by atoms with Gasteiger partial charge in [-0.2, -0.15) is 0 Å². The lowest BCUT2D eigenvalue weighted by molar-refractivity contribution is -0.154. The van der Waals surface area contributed by atoms with Crippen molar-refractivity contribution in [2.45, 2.75) is 70.3 Å². The van der Waals surface area contributed by atoms with Gasteiger partial charge in [0.1, 0.15) is 24.4 Å². The number of likely N-dealkylation sites (N-methyl/N-ethyl adjacent to an activating group) is 1. The first-order chi connectivity index (χ1) is 18.4. The number of nitrogens with zero attached hydrogens (tertiary/aromatic N) is 2. The molecule has 0 bridgehead atoms. The summed E-state index contributed by atoms with van der Waals surface area (Å²) in [6.45, 7) is 2.63. The summed E-state index contributed by atoms with van der Waals surface area (Å²) >= 11 is 0. The second-order valence-corrected chi connectivity index (χ2v) is 10.6. The number of benzene rings is 3. The van der Waals surface area contributed by atoms with Crippen LogP contribution in [0.1, 0.15) is 59.5 Å². The van der Waals surface area contributed by atoms with E-state index in [9.17, 15) is 14.7 Å². The summed E-state index contributed by atoms with van der Waals surface area (Å²) in [5.41, 5.74) is 4.74. The maximum absolute atomic E-state index is 14.3. The zero-order valence-electron chi connectivity index (χ0n) is 22.2. The van der Waals surface area contributed by atoms with E-state index in [0.717, 1.165) is 59.3 Å². The maximum Gasteiger partial charge on any atom is 0.326 e. The van der Waals surface area contributed by atoms with Crippen molar-refractivity contribution >= 4 is 11.9 Å². The Hall–Kier alpha value is -3.64. The van der Waals surface area contributed by atoms with E-state index in [1.54, 1.807) is 4.90 Å². The Morgan fingerprint density at radius 1 is 1.00 bits per heavy atom. The van der Waals surface area contributed by atoms with Gasteiger partial charge in [-0.05, 0) is 49.1 Å². The normalized spacial score (nSPS) is 18.3. The number of aliphatic carboxylic acids is 1. The molecule has 2 atom stereocenters. The van der Waals surface area contributed by atoms with E-state index in [1.807, 2.05) is 86.8 Å². The topological polar surface area (TPSA) is 70.1 Å². The van der Waals surface area contributed by atoms with Gasteiger partial charge in [0.25, 0.3) is 0 Å². The van der Waals surface area contributed by atoms with Crippen LogP contribution < -0.4 is 4.74 Å². The van der Waals surface area contributed by atoms with Crippen LogP contribution in [0, 0.1) is 6.92 Å². The van der Waals surface area contributed by atoms with Crippen LogP contribution >= 0.6 is 0 Å². The third kappa shape index (κ3) is 5.32. The first-order valence-electron chi connectivity index (χ1n) is 13.5. The van der Waals surface area contributed by atoms with Crippen molar-refractivity contribution in [3.05, 3.63) is 101 Å². The standard InChI is InChI=1S/C32H36N2O4/c1-22-17-18-25-20-34(28(32(36)37)19-27(25)30(22)38-21-23-11-5-3-6-12-23)31(35)29(24-13-7-4-8-14-24)33(2)26-15-9-10-16-26/h3-8,11-14,17-18,26,28-29H,9-10,15-16,19-21H2,1-2H3,(H,36,37)/t28-,29?/m0/s1. The molecular formula is C32H36N2O4. The number of amides is 1. The van der Waals surface area contributed by atoms with Crippen LogP contribution in [-0.2, 0) is 29.2 Å². The highest BCUT2D eigenvalue weighted by Crippen LogP contribution is 2.37. The SMILES string of the molecule is Cc1ccc2c(c1OCc1ccccc1)C[C@@H](C(=O)O)N(C(=O)C(c1ccccc1)N(C)C1CCCC1)C2. The molecule has 1 N–H and O–H groups in total. The van der Waals surface area contributed by atoms with Gasteiger partial charge in [-0.15, -0.1) is 0 Å². The average Bonchev–Trinajstić information content (AvgIpc) is 3.48. The smallest absolute Gasteiger partial charge is 0.326 e. The summed E-state index contributed by atoms with van der Waals surface area (Å²) in [6.07, 6.45) is 4.64. The number of aryl methyl sites for hydroxylation is 1. The summed E-state index contributed by atoms with van der Waals surface area (Å²) in [7, 11) is 2.01. The number of hydrogen-bond acceptors (Lipinski definition) is 4. The highest BCUT2D eigenvalue weighted by molar-refractivity contribution is 5.89. The Kier molecular flexibility index (Phi) is 7.79. The third-order valence-electron chi connectivity index (χ3n) is 8.12. The van der Waals surface area contributed by atoms with E-state index in [0.29, 0.717) is 12.6 Å². The Bertz CT molecular complexity index is 1270. The number of hydrogen-bond donors (Lipinski definition) is 1. The van der Waals surface area contributed by atoms with E-state index >= 15 is 0 Å².